The zero-order chi connectivity index (χ0) is 20.4. The quantitative estimate of drug-likeness (QED) is 0.540. The number of nitrogens with zero attached hydrogens (tertiary/aromatic N) is 3. The maximum atomic E-state index is 13.4. The van der Waals surface area contributed by atoms with Gasteiger partial charge < -0.3 is 4.74 Å². The van der Waals surface area contributed by atoms with Crippen LogP contribution in [0.25, 0.3) is 10.2 Å². The number of morpholine rings is 1. The molecule has 0 aliphatic carbocycles. The van der Waals surface area contributed by atoms with Crippen LogP contribution in [0.1, 0.15) is 21.5 Å². The summed E-state index contributed by atoms with van der Waals surface area (Å²) in [6.07, 6.45) is 0. The number of amides is 1. The van der Waals surface area contributed by atoms with Gasteiger partial charge in [-0.1, -0.05) is 33.3 Å². The number of aromatic nitrogens is 1. The van der Waals surface area contributed by atoms with Crippen molar-refractivity contribution in [3.63, 3.8) is 0 Å². The molecule has 0 radical (unpaired) electrons. The van der Waals surface area contributed by atoms with Crippen molar-refractivity contribution in [1.29, 1.82) is 0 Å². The van der Waals surface area contributed by atoms with Crippen molar-refractivity contribution in [2.24, 2.45) is 0 Å². The molecule has 2 heterocycles. The van der Waals surface area contributed by atoms with Gasteiger partial charge in [-0.2, -0.15) is 0 Å². The molecule has 0 saturated carbocycles. The zero-order valence-corrected chi connectivity index (χ0v) is 19.1. The number of fused-ring (bicyclic) bond motifs is 1. The van der Waals surface area contributed by atoms with Crippen molar-refractivity contribution in [1.82, 2.24) is 9.88 Å². The molecule has 0 spiro atoms. The van der Waals surface area contributed by atoms with E-state index in [4.69, 9.17) is 9.72 Å². The lowest BCUT2D eigenvalue weighted by molar-refractivity contribution is 0.0391. The Kier molecular flexibility index (Phi) is 6.29. The molecule has 1 fully saturated rings. The monoisotopic (exact) mass is 473 g/mol. The van der Waals surface area contributed by atoms with Gasteiger partial charge >= 0.3 is 0 Å². The van der Waals surface area contributed by atoms with Crippen LogP contribution in [0.4, 0.5) is 5.13 Å². The second-order valence-corrected chi connectivity index (χ2v) is 9.19. The van der Waals surface area contributed by atoms with Gasteiger partial charge in [-0.15, -0.1) is 0 Å². The van der Waals surface area contributed by atoms with Crippen LogP contribution in [-0.2, 0) is 4.74 Å². The van der Waals surface area contributed by atoms with E-state index in [0.717, 1.165) is 52.7 Å². The Morgan fingerprint density at radius 2 is 1.90 bits per heavy atom. The molecule has 0 bridgehead atoms. The highest BCUT2D eigenvalue weighted by Gasteiger charge is 2.23. The van der Waals surface area contributed by atoms with Crippen molar-refractivity contribution >= 4 is 48.5 Å². The first-order valence-corrected chi connectivity index (χ1v) is 11.4. The lowest BCUT2D eigenvalue weighted by Gasteiger charge is -2.29. The topological polar surface area (TPSA) is 45.7 Å². The number of halogens is 1. The van der Waals surface area contributed by atoms with Crippen molar-refractivity contribution in [2.75, 3.05) is 44.3 Å². The van der Waals surface area contributed by atoms with E-state index in [1.165, 1.54) is 11.1 Å². The number of benzene rings is 2. The second kappa shape index (κ2) is 8.92. The summed E-state index contributed by atoms with van der Waals surface area (Å²) in [7, 11) is 0. The minimum atomic E-state index is -0.0146. The summed E-state index contributed by atoms with van der Waals surface area (Å²) < 4.78 is 7.52. The van der Waals surface area contributed by atoms with Gasteiger partial charge in [-0.3, -0.25) is 14.6 Å². The molecular formula is C22H24BrN3O2S. The highest BCUT2D eigenvalue weighted by atomic mass is 79.9. The molecule has 152 valence electrons. The van der Waals surface area contributed by atoms with E-state index in [0.29, 0.717) is 12.1 Å². The van der Waals surface area contributed by atoms with E-state index in [-0.39, 0.29) is 5.91 Å². The third-order valence-electron chi connectivity index (χ3n) is 5.38. The minimum Gasteiger partial charge on any atom is -0.379 e. The van der Waals surface area contributed by atoms with Crippen LogP contribution in [0.5, 0.6) is 0 Å². The molecule has 1 aliphatic heterocycles. The fourth-order valence-corrected chi connectivity index (χ4v) is 4.74. The number of aryl methyl sites for hydroxylation is 2. The van der Waals surface area contributed by atoms with E-state index in [2.05, 4.69) is 46.8 Å². The lowest BCUT2D eigenvalue weighted by atomic mass is 10.1. The number of carbonyl (C=O) groups excluding carboxylic acids is 1. The first kappa shape index (κ1) is 20.5. The Labute approximate surface area is 183 Å². The smallest absolute Gasteiger partial charge is 0.260 e. The molecule has 7 heteroatoms. The van der Waals surface area contributed by atoms with Gasteiger partial charge in [-0.25, -0.2) is 4.98 Å². The Morgan fingerprint density at radius 3 is 2.62 bits per heavy atom. The molecule has 5 nitrogen and oxygen atoms in total. The number of ether oxygens (including phenoxy) is 1. The van der Waals surface area contributed by atoms with Crippen LogP contribution in [-0.4, -0.2) is 55.2 Å². The van der Waals surface area contributed by atoms with Crippen molar-refractivity contribution in [3.8, 4) is 0 Å². The van der Waals surface area contributed by atoms with E-state index in [1.807, 2.05) is 29.2 Å². The normalized spacial score (nSPS) is 15.0. The van der Waals surface area contributed by atoms with Gasteiger partial charge in [0, 0.05) is 36.2 Å². The molecule has 1 saturated heterocycles. The average molecular weight is 474 g/mol. The molecule has 29 heavy (non-hydrogen) atoms. The predicted molar refractivity (Wildman–Crippen MR) is 122 cm³/mol. The number of thiazole rings is 1. The predicted octanol–water partition coefficient (Wildman–Crippen LogP) is 4.65. The molecule has 0 atom stereocenters. The van der Waals surface area contributed by atoms with Crippen LogP contribution >= 0.6 is 27.3 Å². The summed E-state index contributed by atoms with van der Waals surface area (Å²) in [5.41, 5.74) is 4.05. The van der Waals surface area contributed by atoms with Gasteiger partial charge in [0.1, 0.15) is 0 Å². The summed E-state index contributed by atoms with van der Waals surface area (Å²) in [4.78, 5) is 22.4. The molecule has 0 unspecified atom stereocenters. The zero-order valence-electron chi connectivity index (χ0n) is 16.7. The first-order valence-electron chi connectivity index (χ1n) is 9.77. The third-order valence-corrected chi connectivity index (χ3v) is 6.96. The van der Waals surface area contributed by atoms with Crippen LogP contribution in [0.3, 0.4) is 0 Å². The molecule has 4 rings (SSSR count). The van der Waals surface area contributed by atoms with Crippen molar-refractivity contribution < 1.29 is 9.53 Å². The van der Waals surface area contributed by atoms with Crippen molar-refractivity contribution in [2.45, 2.75) is 13.8 Å². The molecule has 1 aromatic heterocycles. The van der Waals surface area contributed by atoms with Gasteiger partial charge in [0.2, 0.25) is 0 Å². The molecule has 2 aromatic carbocycles. The SMILES string of the molecule is Cc1ccc2sc(N(CCN3CCOCC3)C(=O)c3ccc(Br)cc3)nc2c1C. The molecule has 1 aliphatic rings. The van der Waals surface area contributed by atoms with Crippen molar-refractivity contribution in [3.05, 3.63) is 57.6 Å². The number of hydrogen-bond donors (Lipinski definition) is 0. The summed E-state index contributed by atoms with van der Waals surface area (Å²) >= 11 is 5.03. The fourth-order valence-electron chi connectivity index (χ4n) is 3.43. The van der Waals surface area contributed by atoms with E-state index in [9.17, 15) is 4.79 Å². The fraction of sp³-hybridized carbons (Fsp3) is 0.364. The van der Waals surface area contributed by atoms with E-state index in [1.54, 1.807) is 11.3 Å². The molecule has 1 amide bonds. The van der Waals surface area contributed by atoms with Crippen LogP contribution < -0.4 is 4.90 Å². The van der Waals surface area contributed by atoms with E-state index >= 15 is 0 Å². The Morgan fingerprint density at radius 1 is 1.17 bits per heavy atom. The van der Waals surface area contributed by atoms with Gasteiger partial charge in [0.25, 0.3) is 5.91 Å². The minimum absolute atomic E-state index is 0.0146. The largest absolute Gasteiger partial charge is 0.379 e. The second-order valence-electron chi connectivity index (χ2n) is 7.27. The summed E-state index contributed by atoms with van der Waals surface area (Å²) in [6.45, 7) is 8.90. The summed E-state index contributed by atoms with van der Waals surface area (Å²) in [5, 5.41) is 0.759. The van der Waals surface area contributed by atoms with Gasteiger partial charge in [-0.05, 0) is 55.3 Å². The highest BCUT2D eigenvalue weighted by molar-refractivity contribution is 9.10. The van der Waals surface area contributed by atoms with E-state index < -0.39 is 0 Å². The number of rotatable bonds is 5. The number of anilines is 1. The maximum absolute atomic E-state index is 13.4. The number of hydrogen-bond acceptors (Lipinski definition) is 5. The molecule has 3 aromatic rings. The van der Waals surface area contributed by atoms with Crippen LogP contribution in [0.2, 0.25) is 0 Å². The first-order chi connectivity index (χ1) is 14.0. The summed E-state index contributed by atoms with van der Waals surface area (Å²) in [5.74, 6) is -0.0146. The van der Waals surface area contributed by atoms with Gasteiger partial charge in [0.15, 0.2) is 5.13 Å². The Bertz CT molecular complexity index is 1010. The number of carbonyl (C=O) groups is 1. The average Bonchev–Trinajstić information content (AvgIpc) is 3.17. The van der Waals surface area contributed by atoms with Crippen LogP contribution in [0, 0.1) is 13.8 Å². The van der Waals surface area contributed by atoms with Crippen LogP contribution in [0.15, 0.2) is 40.9 Å². The standard InChI is InChI=1S/C22H24BrN3O2S/c1-15-3-8-19-20(16(15)2)24-22(29-19)26(10-9-25-11-13-28-14-12-25)21(27)17-4-6-18(23)7-5-17/h3-8H,9-14H2,1-2H3. The lowest BCUT2D eigenvalue weighted by Crippen LogP contribution is -2.43. The Hall–Kier alpha value is -1.80. The Balaban J connectivity index is 1.66. The van der Waals surface area contributed by atoms with Gasteiger partial charge in [0.05, 0.1) is 23.4 Å². The third kappa shape index (κ3) is 4.53. The maximum Gasteiger partial charge on any atom is 0.260 e. The summed E-state index contributed by atoms with van der Waals surface area (Å²) in [6, 6.07) is 11.7. The molecule has 0 N–H and O–H groups in total. The molecular weight excluding hydrogens is 450 g/mol. The highest BCUT2D eigenvalue weighted by Crippen LogP contribution is 2.32.